The third kappa shape index (κ3) is 6.45. The molecule has 19 heavy (non-hydrogen) atoms. The highest BCUT2D eigenvalue weighted by Gasteiger charge is 1.98. The van der Waals surface area contributed by atoms with E-state index in [0.29, 0.717) is 13.0 Å². The van der Waals surface area contributed by atoms with E-state index >= 15 is 0 Å². The van der Waals surface area contributed by atoms with E-state index < -0.39 is 5.97 Å². The summed E-state index contributed by atoms with van der Waals surface area (Å²) in [5.41, 5.74) is 0.969. The molecule has 0 bridgehead atoms. The van der Waals surface area contributed by atoms with Crippen molar-refractivity contribution < 1.29 is 14.7 Å². The molecular weight excluding hydrogens is 244 g/mol. The average molecular weight is 264 g/mol. The van der Waals surface area contributed by atoms with Crippen LogP contribution in [0.5, 0.6) is 0 Å². The normalized spacial score (nSPS) is 10.8. The van der Waals surface area contributed by atoms with Crippen LogP contribution in [0.15, 0.2) is 24.4 Å². The first kappa shape index (κ1) is 15.0. The Morgan fingerprint density at radius 1 is 1.37 bits per heavy atom. The first-order valence-electron chi connectivity index (χ1n) is 6.38. The summed E-state index contributed by atoms with van der Waals surface area (Å²) >= 11 is 0. The van der Waals surface area contributed by atoms with Crippen molar-refractivity contribution in [2.24, 2.45) is 7.05 Å². The second-order valence-electron chi connectivity index (χ2n) is 4.37. The van der Waals surface area contributed by atoms with Crippen molar-refractivity contribution in [1.29, 1.82) is 0 Å². The van der Waals surface area contributed by atoms with Gasteiger partial charge in [0.1, 0.15) is 0 Å². The molecule has 0 aliphatic rings. The number of carbonyl (C=O) groups is 2. The van der Waals surface area contributed by atoms with E-state index in [-0.39, 0.29) is 12.3 Å². The number of nitrogens with one attached hydrogen (secondary N) is 1. The number of rotatable bonds is 8. The lowest BCUT2D eigenvalue weighted by Crippen LogP contribution is -2.22. The monoisotopic (exact) mass is 264 g/mol. The highest BCUT2D eigenvalue weighted by Crippen LogP contribution is 2.02. The van der Waals surface area contributed by atoms with E-state index in [9.17, 15) is 9.59 Å². The zero-order valence-electron chi connectivity index (χ0n) is 11.1. The number of carbonyl (C=O) groups excluding carboxylic acids is 1. The molecule has 1 aromatic rings. The van der Waals surface area contributed by atoms with Gasteiger partial charge in [0.25, 0.3) is 0 Å². The van der Waals surface area contributed by atoms with E-state index in [2.05, 4.69) is 5.32 Å². The van der Waals surface area contributed by atoms with Crippen LogP contribution in [0.1, 0.15) is 31.4 Å². The van der Waals surface area contributed by atoms with Crippen molar-refractivity contribution in [2.45, 2.75) is 25.7 Å². The number of amides is 1. The van der Waals surface area contributed by atoms with Crippen LogP contribution >= 0.6 is 0 Å². The maximum atomic E-state index is 11.5. The molecule has 0 saturated heterocycles. The molecule has 0 saturated carbocycles. The fourth-order valence-electron chi connectivity index (χ4n) is 1.66. The summed E-state index contributed by atoms with van der Waals surface area (Å²) in [6.45, 7) is 0.579. The summed E-state index contributed by atoms with van der Waals surface area (Å²) in [4.78, 5) is 21.8. The summed E-state index contributed by atoms with van der Waals surface area (Å²) < 4.78 is 1.93. The van der Waals surface area contributed by atoms with Gasteiger partial charge in [-0.1, -0.05) is 6.42 Å². The van der Waals surface area contributed by atoms with Gasteiger partial charge in [0.15, 0.2) is 0 Å². The maximum absolute atomic E-state index is 11.5. The zero-order chi connectivity index (χ0) is 14.1. The van der Waals surface area contributed by atoms with Gasteiger partial charge in [-0.3, -0.25) is 9.59 Å². The molecule has 0 aromatic carbocycles. The number of carboxylic acids is 1. The predicted octanol–water partition coefficient (Wildman–Crippen LogP) is 1.80. The van der Waals surface area contributed by atoms with Crippen molar-refractivity contribution >= 4 is 18.0 Å². The van der Waals surface area contributed by atoms with Crippen molar-refractivity contribution in [3.05, 3.63) is 30.1 Å². The van der Waals surface area contributed by atoms with Gasteiger partial charge in [-0.2, -0.15) is 0 Å². The minimum absolute atomic E-state index is 0.126. The second kappa shape index (κ2) is 8.13. The first-order valence-corrected chi connectivity index (χ1v) is 6.38. The molecule has 5 nitrogen and oxygen atoms in total. The molecule has 1 heterocycles. The van der Waals surface area contributed by atoms with Gasteiger partial charge in [-0.15, -0.1) is 0 Å². The van der Waals surface area contributed by atoms with E-state index in [1.165, 1.54) is 6.08 Å². The molecule has 1 amide bonds. The highest BCUT2D eigenvalue weighted by molar-refractivity contribution is 5.91. The lowest BCUT2D eigenvalue weighted by atomic mass is 10.2. The summed E-state index contributed by atoms with van der Waals surface area (Å²) in [7, 11) is 1.92. The van der Waals surface area contributed by atoms with Gasteiger partial charge in [0.2, 0.25) is 5.91 Å². The van der Waals surface area contributed by atoms with Gasteiger partial charge in [-0.05, 0) is 31.1 Å². The Hall–Kier alpha value is -2.04. The standard InChI is InChI=1S/C14H20N2O3/c1-16-11-5-6-12(16)8-9-13(17)15-10-4-2-3-7-14(18)19/h5-6,8-9,11H,2-4,7,10H2,1H3,(H,15,17)(H,18,19). The topological polar surface area (TPSA) is 71.3 Å². The lowest BCUT2D eigenvalue weighted by Gasteiger charge is -2.01. The van der Waals surface area contributed by atoms with Crippen molar-refractivity contribution in [2.75, 3.05) is 6.54 Å². The Kier molecular flexibility index (Phi) is 6.43. The summed E-state index contributed by atoms with van der Waals surface area (Å²) in [6.07, 6.45) is 7.66. The fraction of sp³-hybridized carbons (Fsp3) is 0.429. The molecule has 0 unspecified atom stereocenters. The van der Waals surface area contributed by atoms with Crippen molar-refractivity contribution in [3.8, 4) is 0 Å². The molecule has 1 rings (SSSR count). The third-order valence-corrected chi connectivity index (χ3v) is 2.76. The molecule has 0 fully saturated rings. The molecule has 0 aliphatic heterocycles. The molecule has 0 radical (unpaired) electrons. The molecule has 0 spiro atoms. The molecule has 0 atom stereocenters. The number of aromatic nitrogens is 1. The van der Waals surface area contributed by atoms with E-state index in [0.717, 1.165) is 18.5 Å². The number of aryl methyl sites for hydroxylation is 1. The Balaban J connectivity index is 2.13. The molecular formula is C14H20N2O3. The number of unbranched alkanes of at least 4 members (excludes halogenated alkanes) is 2. The quantitative estimate of drug-likeness (QED) is 0.555. The van der Waals surface area contributed by atoms with Gasteiger partial charge in [-0.25, -0.2) is 0 Å². The molecule has 104 valence electrons. The third-order valence-electron chi connectivity index (χ3n) is 2.76. The zero-order valence-corrected chi connectivity index (χ0v) is 11.1. The largest absolute Gasteiger partial charge is 0.481 e. The average Bonchev–Trinajstić information content (AvgIpc) is 2.76. The van der Waals surface area contributed by atoms with Gasteiger partial charge < -0.3 is 15.0 Å². The second-order valence-corrected chi connectivity index (χ2v) is 4.37. The van der Waals surface area contributed by atoms with Gasteiger partial charge in [0.05, 0.1) is 0 Å². The molecule has 2 N–H and O–H groups in total. The highest BCUT2D eigenvalue weighted by atomic mass is 16.4. The molecule has 1 aromatic heterocycles. The van der Waals surface area contributed by atoms with Crippen LogP contribution in [0, 0.1) is 0 Å². The van der Waals surface area contributed by atoms with E-state index in [1.54, 1.807) is 6.08 Å². The lowest BCUT2D eigenvalue weighted by molar-refractivity contribution is -0.137. The minimum atomic E-state index is -0.769. The summed E-state index contributed by atoms with van der Waals surface area (Å²) in [5, 5.41) is 11.2. The maximum Gasteiger partial charge on any atom is 0.303 e. The van der Waals surface area contributed by atoms with Crippen LogP contribution in [-0.2, 0) is 16.6 Å². The Morgan fingerprint density at radius 2 is 2.16 bits per heavy atom. The predicted molar refractivity (Wildman–Crippen MR) is 73.6 cm³/mol. The fourth-order valence-corrected chi connectivity index (χ4v) is 1.66. The Bertz CT molecular complexity index is 449. The van der Waals surface area contributed by atoms with Crippen LogP contribution < -0.4 is 5.32 Å². The number of nitrogens with zero attached hydrogens (tertiary/aromatic N) is 1. The first-order chi connectivity index (χ1) is 9.09. The van der Waals surface area contributed by atoms with E-state index in [4.69, 9.17) is 5.11 Å². The Labute approximate surface area is 112 Å². The van der Waals surface area contributed by atoms with Crippen LogP contribution in [0.3, 0.4) is 0 Å². The van der Waals surface area contributed by atoms with E-state index in [1.807, 2.05) is 29.9 Å². The number of hydrogen-bond donors (Lipinski definition) is 2. The van der Waals surface area contributed by atoms with Gasteiger partial charge >= 0.3 is 5.97 Å². The smallest absolute Gasteiger partial charge is 0.303 e. The molecule has 5 heteroatoms. The van der Waals surface area contributed by atoms with Gasteiger partial charge in [0, 0.05) is 38.0 Å². The number of aliphatic carboxylic acids is 1. The van der Waals surface area contributed by atoms with Crippen LogP contribution in [0.4, 0.5) is 0 Å². The minimum Gasteiger partial charge on any atom is -0.481 e. The Morgan fingerprint density at radius 3 is 2.79 bits per heavy atom. The van der Waals surface area contributed by atoms with Crippen LogP contribution in [0.25, 0.3) is 6.08 Å². The summed E-state index contributed by atoms with van der Waals surface area (Å²) in [6, 6.07) is 3.84. The van der Waals surface area contributed by atoms with Crippen LogP contribution in [0.2, 0.25) is 0 Å². The number of carboxylic acid groups (broad SMARTS) is 1. The van der Waals surface area contributed by atoms with Crippen molar-refractivity contribution in [1.82, 2.24) is 9.88 Å². The summed E-state index contributed by atoms with van der Waals surface area (Å²) in [5.74, 6) is -0.894. The van der Waals surface area contributed by atoms with Crippen LogP contribution in [-0.4, -0.2) is 28.1 Å². The molecule has 0 aliphatic carbocycles. The SMILES string of the molecule is Cn1cccc1C=CC(=O)NCCCCCC(=O)O. The number of hydrogen-bond acceptors (Lipinski definition) is 2. The van der Waals surface area contributed by atoms with Crippen molar-refractivity contribution in [3.63, 3.8) is 0 Å².